The number of nitro groups is 1. The fraction of sp³-hybridized carbons (Fsp3) is 0.241. The first-order chi connectivity index (χ1) is 19.1. The van der Waals surface area contributed by atoms with Gasteiger partial charge in [-0.05, 0) is 48.9 Å². The molecule has 2 aliphatic rings. The number of aliphatic hydroxyl groups excluding tert-OH is 1. The minimum Gasteiger partial charge on any atom is -0.456 e. The molecule has 0 radical (unpaired) electrons. The van der Waals surface area contributed by atoms with Gasteiger partial charge in [0.25, 0.3) is 5.69 Å². The molecule has 5 rings (SSSR count). The number of nitrogens with zero attached hydrogens (tertiary/aromatic N) is 2. The molecule has 0 saturated carbocycles. The van der Waals surface area contributed by atoms with Gasteiger partial charge in [-0.25, -0.2) is 4.79 Å². The molecule has 206 valence electrons. The highest BCUT2D eigenvalue weighted by atomic mass is 31.2. The third kappa shape index (κ3) is 4.69. The van der Waals surface area contributed by atoms with E-state index >= 15 is 0 Å². The van der Waals surface area contributed by atoms with Crippen molar-refractivity contribution >= 4 is 35.5 Å². The summed E-state index contributed by atoms with van der Waals surface area (Å²) in [4.78, 5) is 38.3. The lowest BCUT2D eigenvalue weighted by molar-refractivity contribution is -0.384. The Hall–Kier alpha value is -4.27. The number of esters is 1. The fourth-order valence-corrected chi connectivity index (χ4v) is 7.37. The number of carbonyl (C=O) groups excluding carboxylic acids is 2. The second-order valence-electron chi connectivity index (χ2n) is 9.78. The first-order valence-corrected chi connectivity index (χ1v) is 14.3. The molecule has 4 atom stereocenters. The highest BCUT2D eigenvalue weighted by molar-refractivity contribution is 7.74. The van der Waals surface area contributed by atoms with Crippen molar-refractivity contribution in [3.63, 3.8) is 0 Å². The molecule has 2 aliphatic heterocycles. The number of β-lactam (4-membered cyclic amide) rings is 1. The van der Waals surface area contributed by atoms with Crippen molar-refractivity contribution in [2.75, 3.05) is 0 Å². The highest BCUT2D eigenvalue weighted by Crippen LogP contribution is 2.55. The predicted octanol–water partition coefficient (Wildman–Crippen LogP) is 3.65. The van der Waals surface area contributed by atoms with Crippen molar-refractivity contribution in [3.05, 3.63) is 112 Å². The summed E-state index contributed by atoms with van der Waals surface area (Å²) in [6, 6.07) is 22.2. The number of nitro benzene ring substituents is 1. The Morgan fingerprint density at radius 1 is 1.02 bits per heavy atom. The summed E-state index contributed by atoms with van der Waals surface area (Å²) >= 11 is 0. The lowest BCUT2D eigenvalue weighted by Gasteiger charge is -2.46. The smallest absolute Gasteiger partial charge is 0.358 e. The van der Waals surface area contributed by atoms with E-state index in [1.807, 2.05) is 0 Å². The zero-order valence-corrected chi connectivity index (χ0v) is 22.6. The van der Waals surface area contributed by atoms with E-state index in [1.165, 1.54) is 36.1 Å². The minimum absolute atomic E-state index is 0.0474. The molecule has 1 amide bonds. The van der Waals surface area contributed by atoms with Gasteiger partial charge >= 0.3 is 13.3 Å². The SMILES string of the molecule is C[C@H]1C(OP(=O)(c2ccccc2)c2ccccc2)=C(C(=O)OCc2ccc([N+](=O)[O-])cc2)N2C(=O)[C@H]([C@@H](C)O)C12. The molecule has 0 aromatic heterocycles. The minimum atomic E-state index is -3.80. The van der Waals surface area contributed by atoms with Crippen LogP contribution in [0.4, 0.5) is 5.69 Å². The van der Waals surface area contributed by atoms with Gasteiger partial charge in [-0.15, -0.1) is 0 Å². The van der Waals surface area contributed by atoms with Crippen LogP contribution in [0.5, 0.6) is 0 Å². The Morgan fingerprint density at radius 3 is 2.08 bits per heavy atom. The Kier molecular flexibility index (Phi) is 7.31. The van der Waals surface area contributed by atoms with Crippen molar-refractivity contribution in [1.29, 1.82) is 0 Å². The number of carbonyl (C=O) groups is 2. The molecule has 0 aliphatic carbocycles. The van der Waals surface area contributed by atoms with Crippen LogP contribution >= 0.6 is 7.37 Å². The number of non-ortho nitro benzene ring substituents is 1. The molecule has 0 bridgehead atoms. The Morgan fingerprint density at radius 2 is 1.57 bits per heavy atom. The summed E-state index contributed by atoms with van der Waals surface area (Å²) in [6.45, 7) is 3.05. The lowest BCUT2D eigenvalue weighted by atomic mass is 9.79. The van der Waals surface area contributed by atoms with E-state index in [1.54, 1.807) is 67.6 Å². The lowest BCUT2D eigenvalue weighted by Crippen LogP contribution is -2.63. The van der Waals surface area contributed by atoms with Crippen LogP contribution in [-0.4, -0.2) is 39.0 Å². The van der Waals surface area contributed by atoms with E-state index in [-0.39, 0.29) is 23.8 Å². The molecular weight excluding hydrogens is 535 g/mol. The summed E-state index contributed by atoms with van der Waals surface area (Å²) in [5, 5.41) is 22.1. The van der Waals surface area contributed by atoms with Crippen LogP contribution in [0.2, 0.25) is 0 Å². The molecule has 1 unspecified atom stereocenters. The molecule has 3 aromatic carbocycles. The largest absolute Gasteiger partial charge is 0.456 e. The van der Waals surface area contributed by atoms with Crippen molar-refractivity contribution in [2.45, 2.75) is 32.6 Å². The molecule has 3 aromatic rings. The van der Waals surface area contributed by atoms with Gasteiger partial charge in [-0.1, -0.05) is 43.3 Å². The van der Waals surface area contributed by atoms with E-state index in [0.29, 0.717) is 16.2 Å². The van der Waals surface area contributed by atoms with Gasteiger partial charge in [-0.2, -0.15) is 0 Å². The monoisotopic (exact) mass is 562 g/mol. The van der Waals surface area contributed by atoms with E-state index in [9.17, 15) is 29.4 Å². The second-order valence-corrected chi connectivity index (χ2v) is 12.1. The number of ether oxygens (including phenoxy) is 1. The number of fused-ring (bicyclic) bond motifs is 1. The van der Waals surface area contributed by atoms with Gasteiger partial charge < -0.3 is 14.4 Å². The summed E-state index contributed by atoms with van der Waals surface area (Å²) in [5.74, 6) is -2.61. The normalized spacial score (nSPS) is 20.9. The van der Waals surface area contributed by atoms with Crippen LogP contribution in [0.3, 0.4) is 0 Å². The number of aliphatic hydroxyl groups is 1. The van der Waals surface area contributed by atoms with Crippen LogP contribution < -0.4 is 10.6 Å². The third-order valence-electron chi connectivity index (χ3n) is 7.24. The molecule has 10 nitrogen and oxygen atoms in total. The average Bonchev–Trinajstić information content (AvgIpc) is 3.20. The first-order valence-electron chi connectivity index (χ1n) is 12.7. The van der Waals surface area contributed by atoms with Crippen LogP contribution in [0.25, 0.3) is 0 Å². The van der Waals surface area contributed by atoms with Gasteiger partial charge in [0.05, 0.1) is 33.6 Å². The maximum Gasteiger partial charge on any atom is 0.358 e. The topological polar surface area (TPSA) is 136 Å². The maximum atomic E-state index is 14.7. The third-order valence-corrected chi connectivity index (χ3v) is 9.65. The maximum absolute atomic E-state index is 14.7. The number of hydrogen-bond donors (Lipinski definition) is 1. The van der Waals surface area contributed by atoms with Crippen LogP contribution in [-0.2, 0) is 30.0 Å². The standard InChI is InChI=1S/C29H27N2O8P/c1-18-25-24(19(2)32)28(33)30(25)26(29(34)38-17-20-13-15-21(16-14-20)31(35)36)27(18)39-40(37,22-9-5-3-6-10-22)23-11-7-4-8-12-23/h3-16,18-19,24-25,32H,17H2,1-2H3/t18-,19-,24-,25?/m1/s1. The zero-order chi connectivity index (χ0) is 28.6. The average molecular weight is 563 g/mol. The van der Waals surface area contributed by atoms with E-state index < -0.39 is 48.2 Å². The van der Waals surface area contributed by atoms with Gasteiger partial charge in [0.15, 0.2) is 5.70 Å². The second kappa shape index (κ2) is 10.7. The summed E-state index contributed by atoms with van der Waals surface area (Å²) in [5.41, 5.74) is 0.239. The van der Waals surface area contributed by atoms with Gasteiger partial charge in [0.2, 0.25) is 5.91 Å². The molecule has 1 saturated heterocycles. The Labute approximate surface area is 230 Å². The molecular formula is C29H27N2O8P. The molecule has 1 N–H and O–H groups in total. The first kappa shape index (κ1) is 27.3. The molecule has 1 fully saturated rings. The van der Waals surface area contributed by atoms with Crippen molar-refractivity contribution < 1.29 is 33.4 Å². The highest BCUT2D eigenvalue weighted by Gasteiger charge is 2.61. The number of hydrogen-bond acceptors (Lipinski definition) is 8. The summed E-state index contributed by atoms with van der Waals surface area (Å²) < 4.78 is 26.5. The van der Waals surface area contributed by atoms with Crippen molar-refractivity contribution in [1.82, 2.24) is 4.90 Å². The molecule has 11 heteroatoms. The molecule has 0 spiro atoms. The van der Waals surface area contributed by atoms with Gasteiger partial charge in [-0.3, -0.25) is 24.4 Å². The Balaban J connectivity index is 1.53. The van der Waals surface area contributed by atoms with Crippen LogP contribution in [0.15, 0.2) is 96.4 Å². The quantitative estimate of drug-likeness (QED) is 0.137. The van der Waals surface area contributed by atoms with E-state index in [4.69, 9.17) is 9.26 Å². The van der Waals surface area contributed by atoms with Gasteiger partial charge in [0, 0.05) is 18.1 Å². The summed E-state index contributed by atoms with van der Waals surface area (Å²) in [6.07, 6.45) is -0.969. The van der Waals surface area contributed by atoms with Crippen LogP contribution in [0.1, 0.15) is 19.4 Å². The van der Waals surface area contributed by atoms with Gasteiger partial charge in [0.1, 0.15) is 12.4 Å². The number of benzene rings is 3. The predicted molar refractivity (Wildman–Crippen MR) is 146 cm³/mol. The molecule has 2 heterocycles. The van der Waals surface area contributed by atoms with E-state index in [0.717, 1.165) is 0 Å². The van der Waals surface area contributed by atoms with Crippen LogP contribution in [0, 0.1) is 22.0 Å². The van der Waals surface area contributed by atoms with Crippen molar-refractivity contribution in [2.24, 2.45) is 11.8 Å². The zero-order valence-electron chi connectivity index (χ0n) is 21.7. The number of rotatable bonds is 9. The Bertz CT molecular complexity index is 1480. The fourth-order valence-electron chi connectivity index (χ4n) is 5.21. The van der Waals surface area contributed by atoms with E-state index in [2.05, 4.69) is 0 Å². The van der Waals surface area contributed by atoms with Crippen molar-refractivity contribution in [3.8, 4) is 0 Å². The number of amides is 1. The summed E-state index contributed by atoms with van der Waals surface area (Å²) in [7, 11) is -3.80. The molecule has 40 heavy (non-hydrogen) atoms.